The van der Waals surface area contributed by atoms with Crippen LogP contribution in [0.15, 0.2) is 91.1 Å². The Labute approximate surface area is 244 Å². The predicted molar refractivity (Wildman–Crippen MR) is 167 cm³/mol. The largest absolute Gasteiger partial charge is 0.359 e. The third kappa shape index (κ3) is 14.6. The summed E-state index contributed by atoms with van der Waals surface area (Å²) in [7, 11) is 0. The number of nitrogens with zero attached hydrogens (tertiary/aromatic N) is 2. The molecule has 0 saturated heterocycles. The molecule has 0 aliphatic rings. The molecular formula is C34H43N5O2. The second-order valence-corrected chi connectivity index (χ2v) is 9.60. The van der Waals surface area contributed by atoms with Gasteiger partial charge in [-0.2, -0.15) is 0 Å². The molecule has 0 fully saturated rings. The summed E-state index contributed by atoms with van der Waals surface area (Å²) in [6, 6.07) is 28.2. The average molecular weight is 554 g/mol. The minimum atomic E-state index is -0.108. The molecule has 3 aromatic carbocycles. The Balaban J connectivity index is 0.000000234. The van der Waals surface area contributed by atoms with Crippen LogP contribution in [0, 0.1) is 20.8 Å². The van der Waals surface area contributed by atoms with Gasteiger partial charge in [0.05, 0.1) is 6.54 Å². The molecule has 0 saturated carbocycles. The third-order valence-corrected chi connectivity index (χ3v) is 5.96. The highest BCUT2D eigenvalue weighted by Gasteiger charge is 2.06. The minimum Gasteiger partial charge on any atom is -0.359 e. The number of rotatable bonds is 11. The van der Waals surface area contributed by atoms with Gasteiger partial charge in [-0.1, -0.05) is 84.8 Å². The molecule has 0 spiro atoms. The molecule has 3 N–H and O–H groups in total. The summed E-state index contributed by atoms with van der Waals surface area (Å²) < 4.78 is 0. The number of hydrogen-bond donors (Lipinski definition) is 3. The van der Waals surface area contributed by atoms with Crippen LogP contribution in [0.2, 0.25) is 0 Å². The van der Waals surface area contributed by atoms with Crippen molar-refractivity contribution in [3.8, 4) is 0 Å². The first-order valence-electron chi connectivity index (χ1n) is 14.0. The van der Waals surface area contributed by atoms with Gasteiger partial charge in [0.15, 0.2) is 0 Å². The second kappa shape index (κ2) is 19.7. The van der Waals surface area contributed by atoms with Gasteiger partial charge >= 0.3 is 0 Å². The Bertz CT molecular complexity index is 1310. The Kier molecular flexibility index (Phi) is 15.8. The van der Waals surface area contributed by atoms with E-state index in [1.807, 2.05) is 56.3 Å². The summed E-state index contributed by atoms with van der Waals surface area (Å²) in [5.74, 6) is 0.514. The van der Waals surface area contributed by atoms with Crippen LogP contribution in [-0.4, -0.2) is 35.4 Å². The number of aromatic nitrogens is 2. The molecule has 0 aliphatic heterocycles. The van der Waals surface area contributed by atoms with Crippen molar-refractivity contribution in [3.63, 3.8) is 0 Å². The highest BCUT2D eigenvalue weighted by atomic mass is 16.1. The highest BCUT2D eigenvalue weighted by Crippen LogP contribution is 2.06. The predicted octanol–water partition coefficient (Wildman–Crippen LogP) is 5.49. The van der Waals surface area contributed by atoms with E-state index in [0.29, 0.717) is 17.9 Å². The van der Waals surface area contributed by atoms with E-state index in [0.717, 1.165) is 50.1 Å². The molecule has 1 heterocycles. The van der Waals surface area contributed by atoms with Crippen molar-refractivity contribution in [1.29, 1.82) is 0 Å². The van der Waals surface area contributed by atoms with Crippen molar-refractivity contribution in [2.45, 2.75) is 53.6 Å². The van der Waals surface area contributed by atoms with Crippen LogP contribution in [0.4, 0.5) is 0 Å². The first-order chi connectivity index (χ1) is 19.9. The molecule has 0 aliphatic carbocycles. The smallest absolute Gasteiger partial charge is 0.251 e. The number of nitrogens with one attached hydrogen (secondary N) is 3. The van der Waals surface area contributed by atoms with Crippen LogP contribution in [0.5, 0.6) is 0 Å². The Morgan fingerprint density at radius 2 is 1.54 bits per heavy atom. The molecule has 0 atom stereocenters. The van der Waals surface area contributed by atoms with Crippen molar-refractivity contribution in [2.24, 2.45) is 0 Å². The lowest BCUT2D eigenvalue weighted by Gasteiger charge is -2.06. The zero-order valence-corrected chi connectivity index (χ0v) is 24.7. The molecule has 0 bridgehead atoms. The number of carbonyl (C=O) groups excluding carboxylic acids is 2. The molecule has 7 nitrogen and oxygen atoms in total. The lowest BCUT2D eigenvalue weighted by Crippen LogP contribution is -2.24. The van der Waals surface area contributed by atoms with Gasteiger partial charge < -0.3 is 16.0 Å². The van der Waals surface area contributed by atoms with Crippen LogP contribution in [0.1, 0.15) is 57.5 Å². The van der Waals surface area contributed by atoms with Crippen molar-refractivity contribution in [2.75, 3.05) is 13.1 Å². The standard InChI is InChI=1S/C14H15N3O.C13H20N2O.C7H8/c1-10-4-3-5-12(8-10)14(18)16-9-13-15-7-6-11(2)17-13;1-2-12-5-3-6-13(9-12)10-14-7-4-8-15-11-16;1-7-5-3-2-4-6-7/h3-8H,9H2,1-2H3,(H,16,18);3,5-6,9,11,14H,2,4,7-8,10H2,1H3,(H,15,16);2-6H,1H3. The molecule has 4 rings (SSSR count). The third-order valence-electron chi connectivity index (χ3n) is 5.96. The quantitative estimate of drug-likeness (QED) is 0.169. The van der Waals surface area contributed by atoms with Crippen LogP contribution >= 0.6 is 0 Å². The van der Waals surface area contributed by atoms with E-state index in [4.69, 9.17) is 0 Å². The van der Waals surface area contributed by atoms with Crippen LogP contribution in [0.3, 0.4) is 0 Å². The van der Waals surface area contributed by atoms with Crippen molar-refractivity contribution >= 4 is 12.3 Å². The molecule has 7 heteroatoms. The van der Waals surface area contributed by atoms with E-state index >= 15 is 0 Å². The topological polar surface area (TPSA) is 96.0 Å². The first kappa shape index (κ1) is 32.8. The van der Waals surface area contributed by atoms with Gasteiger partial charge in [-0.3, -0.25) is 9.59 Å². The molecule has 2 amide bonds. The van der Waals surface area contributed by atoms with E-state index in [1.54, 1.807) is 12.3 Å². The summed E-state index contributed by atoms with van der Waals surface area (Å²) >= 11 is 0. The summed E-state index contributed by atoms with van der Waals surface area (Å²) in [6.07, 6.45) is 4.48. The number of amides is 2. The number of carbonyl (C=O) groups is 2. The summed E-state index contributed by atoms with van der Waals surface area (Å²) in [6.45, 7) is 11.0. The van der Waals surface area contributed by atoms with Gasteiger partial charge in [0, 0.05) is 30.5 Å². The fourth-order valence-electron chi connectivity index (χ4n) is 3.73. The maximum absolute atomic E-state index is 11.9. The zero-order chi connectivity index (χ0) is 29.7. The summed E-state index contributed by atoms with van der Waals surface area (Å²) in [5.41, 5.74) is 6.63. The van der Waals surface area contributed by atoms with Gasteiger partial charge in [-0.25, -0.2) is 9.97 Å². The Hall–Kier alpha value is -4.36. The SMILES string of the molecule is CCc1cccc(CNCCCNC=O)c1.Cc1cccc(C(=O)NCc2nccc(C)n2)c1.Cc1ccccc1. The molecule has 0 radical (unpaired) electrons. The number of benzene rings is 3. The Morgan fingerprint density at radius 1 is 0.805 bits per heavy atom. The fourth-order valence-corrected chi connectivity index (χ4v) is 3.73. The van der Waals surface area contributed by atoms with E-state index in [1.165, 1.54) is 16.7 Å². The molecule has 1 aromatic heterocycles. The molecule has 216 valence electrons. The number of aryl methyl sites for hydroxylation is 4. The van der Waals surface area contributed by atoms with Gasteiger partial charge in [-0.05, 0) is 69.5 Å². The van der Waals surface area contributed by atoms with Gasteiger partial charge in [-0.15, -0.1) is 0 Å². The lowest BCUT2D eigenvalue weighted by molar-refractivity contribution is -0.109. The summed E-state index contributed by atoms with van der Waals surface area (Å²) in [4.78, 5) is 30.2. The molecule has 4 aromatic rings. The maximum atomic E-state index is 11.9. The maximum Gasteiger partial charge on any atom is 0.251 e. The zero-order valence-electron chi connectivity index (χ0n) is 24.7. The van der Waals surface area contributed by atoms with E-state index in [2.05, 4.69) is 76.2 Å². The van der Waals surface area contributed by atoms with Gasteiger partial charge in [0.25, 0.3) is 5.91 Å². The fraction of sp³-hybridized carbons (Fsp3) is 0.294. The average Bonchev–Trinajstić information content (AvgIpc) is 2.99. The lowest BCUT2D eigenvalue weighted by atomic mass is 10.1. The number of hydrogen-bond acceptors (Lipinski definition) is 5. The second-order valence-electron chi connectivity index (χ2n) is 9.60. The van der Waals surface area contributed by atoms with Crippen molar-refractivity contribution in [1.82, 2.24) is 25.9 Å². The monoisotopic (exact) mass is 553 g/mol. The summed E-state index contributed by atoms with van der Waals surface area (Å²) in [5, 5.41) is 8.81. The molecule has 0 unspecified atom stereocenters. The van der Waals surface area contributed by atoms with Crippen LogP contribution in [-0.2, 0) is 24.3 Å². The van der Waals surface area contributed by atoms with Crippen molar-refractivity contribution in [3.05, 3.63) is 130 Å². The van der Waals surface area contributed by atoms with Crippen LogP contribution in [0.25, 0.3) is 0 Å². The highest BCUT2D eigenvalue weighted by molar-refractivity contribution is 5.94. The molecular weight excluding hydrogens is 510 g/mol. The minimum absolute atomic E-state index is 0.108. The first-order valence-corrected chi connectivity index (χ1v) is 14.0. The molecule has 41 heavy (non-hydrogen) atoms. The van der Waals surface area contributed by atoms with E-state index in [9.17, 15) is 9.59 Å². The Morgan fingerprint density at radius 3 is 2.20 bits per heavy atom. The van der Waals surface area contributed by atoms with Crippen LogP contribution < -0.4 is 16.0 Å². The van der Waals surface area contributed by atoms with E-state index < -0.39 is 0 Å². The van der Waals surface area contributed by atoms with E-state index in [-0.39, 0.29) is 5.91 Å². The van der Waals surface area contributed by atoms with Gasteiger partial charge in [0.2, 0.25) is 6.41 Å². The van der Waals surface area contributed by atoms with Crippen molar-refractivity contribution < 1.29 is 9.59 Å². The van der Waals surface area contributed by atoms with Gasteiger partial charge in [0.1, 0.15) is 5.82 Å². The normalized spacial score (nSPS) is 9.85.